The number of benzene rings is 2. The van der Waals surface area contributed by atoms with Gasteiger partial charge in [-0.1, -0.05) is 60.3 Å². The van der Waals surface area contributed by atoms with Gasteiger partial charge in [-0.25, -0.2) is 9.48 Å². The van der Waals surface area contributed by atoms with Crippen molar-refractivity contribution in [3.63, 3.8) is 0 Å². The molecule has 4 rings (SSSR count). The Balaban J connectivity index is 1.74. The van der Waals surface area contributed by atoms with E-state index in [2.05, 4.69) is 22.4 Å². The van der Waals surface area contributed by atoms with Gasteiger partial charge in [0.25, 0.3) is 0 Å². The molecule has 1 aromatic heterocycles. The van der Waals surface area contributed by atoms with Gasteiger partial charge >= 0.3 is 5.97 Å². The number of hydrogen-bond donors (Lipinski definition) is 1. The number of hydrogen-bond acceptors (Lipinski definition) is 7. The van der Waals surface area contributed by atoms with Gasteiger partial charge < -0.3 is 14.8 Å². The Morgan fingerprint density at radius 2 is 1.84 bits per heavy atom. The SMILES string of the molecule is CCOC(=O)C1=C(C)Nc2nc(SCc3ccccc3)nn2[C@@H]1c1ccccc1OCC. The van der Waals surface area contributed by atoms with E-state index in [0.29, 0.717) is 34.7 Å². The van der Waals surface area contributed by atoms with Gasteiger partial charge in [-0.05, 0) is 32.4 Å². The molecule has 0 spiro atoms. The summed E-state index contributed by atoms with van der Waals surface area (Å²) in [5.74, 6) is 1.66. The van der Waals surface area contributed by atoms with Crippen molar-refractivity contribution in [3.8, 4) is 5.75 Å². The Morgan fingerprint density at radius 1 is 1.09 bits per heavy atom. The van der Waals surface area contributed by atoms with Crippen molar-refractivity contribution in [2.45, 2.75) is 37.7 Å². The molecule has 32 heavy (non-hydrogen) atoms. The van der Waals surface area contributed by atoms with Crippen LogP contribution < -0.4 is 10.1 Å². The summed E-state index contributed by atoms with van der Waals surface area (Å²) in [5.41, 5.74) is 3.22. The van der Waals surface area contributed by atoms with Crippen molar-refractivity contribution in [2.24, 2.45) is 0 Å². The summed E-state index contributed by atoms with van der Waals surface area (Å²) >= 11 is 1.55. The molecule has 1 N–H and O–H groups in total. The highest BCUT2D eigenvalue weighted by molar-refractivity contribution is 7.98. The molecular weight excluding hydrogens is 424 g/mol. The number of carbonyl (C=O) groups excluding carboxylic acids is 1. The average molecular weight is 451 g/mol. The largest absolute Gasteiger partial charge is 0.494 e. The van der Waals surface area contributed by atoms with E-state index in [1.165, 1.54) is 5.56 Å². The van der Waals surface area contributed by atoms with E-state index in [1.807, 2.05) is 56.3 Å². The fraction of sp³-hybridized carbons (Fsp3) is 0.292. The molecule has 2 aromatic carbocycles. The van der Waals surface area contributed by atoms with Gasteiger partial charge in [0.15, 0.2) is 0 Å². The number of rotatable bonds is 8. The van der Waals surface area contributed by atoms with Crippen LogP contribution in [-0.4, -0.2) is 33.9 Å². The zero-order valence-electron chi connectivity index (χ0n) is 18.4. The van der Waals surface area contributed by atoms with Crippen LogP contribution in [0.1, 0.15) is 37.9 Å². The first-order chi connectivity index (χ1) is 15.6. The smallest absolute Gasteiger partial charge is 0.338 e. The highest BCUT2D eigenvalue weighted by Gasteiger charge is 2.36. The lowest BCUT2D eigenvalue weighted by Crippen LogP contribution is -2.30. The zero-order chi connectivity index (χ0) is 22.5. The maximum absolute atomic E-state index is 13.0. The number of nitrogens with zero attached hydrogens (tertiary/aromatic N) is 3. The molecule has 2 heterocycles. The maximum atomic E-state index is 13.0. The third-order valence-corrected chi connectivity index (χ3v) is 5.96. The maximum Gasteiger partial charge on any atom is 0.338 e. The van der Waals surface area contributed by atoms with E-state index in [4.69, 9.17) is 14.6 Å². The molecule has 1 aliphatic heterocycles. The van der Waals surface area contributed by atoms with E-state index in [-0.39, 0.29) is 12.6 Å². The summed E-state index contributed by atoms with van der Waals surface area (Å²) in [6, 6.07) is 17.4. The van der Waals surface area contributed by atoms with Crippen molar-refractivity contribution in [1.82, 2.24) is 14.8 Å². The predicted octanol–water partition coefficient (Wildman–Crippen LogP) is 4.82. The number of allylic oxidation sites excluding steroid dienone is 1. The van der Waals surface area contributed by atoms with E-state index in [0.717, 1.165) is 11.3 Å². The number of aromatic nitrogens is 3. The number of carbonyl (C=O) groups is 1. The lowest BCUT2D eigenvalue weighted by atomic mass is 9.95. The van der Waals surface area contributed by atoms with Crippen LogP contribution in [0.25, 0.3) is 0 Å². The van der Waals surface area contributed by atoms with Crippen LogP contribution in [0.5, 0.6) is 5.75 Å². The highest BCUT2D eigenvalue weighted by Crippen LogP contribution is 2.40. The topological polar surface area (TPSA) is 78.3 Å². The summed E-state index contributed by atoms with van der Waals surface area (Å²) in [7, 11) is 0. The lowest BCUT2D eigenvalue weighted by molar-refractivity contribution is -0.139. The number of esters is 1. The first kappa shape index (κ1) is 22.0. The van der Waals surface area contributed by atoms with Crippen molar-refractivity contribution >= 4 is 23.7 Å². The molecule has 0 amide bonds. The van der Waals surface area contributed by atoms with Gasteiger partial charge in [-0.3, -0.25) is 0 Å². The van der Waals surface area contributed by atoms with Crippen molar-refractivity contribution in [2.75, 3.05) is 18.5 Å². The second-order valence-corrected chi connectivity index (χ2v) is 8.14. The Bertz CT molecular complexity index is 1130. The molecule has 0 fully saturated rings. The Morgan fingerprint density at radius 3 is 2.59 bits per heavy atom. The lowest BCUT2D eigenvalue weighted by Gasteiger charge is -2.29. The van der Waals surface area contributed by atoms with Gasteiger partial charge in [0.1, 0.15) is 11.8 Å². The Labute approximate surface area is 191 Å². The van der Waals surface area contributed by atoms with Gasteiger partial charge in [0.05, 0.1) is 18.8 Å². The monoisotopic (exact) mass is 450 g/mol. The van der Waals surface area contributed by atoms with Crippen LogP contribution in [-0.2, 0) is 15.3 Å². The second-order valence-electron chi connectivity index (χ2n) is 7.19. The number of thioether (sulfide) groups is 1. The molecule has 7 nitrogen and oxygen atoms in total. The van der Waals surface area contributed by atoms with Crippen LogP contribution in [0.3, 0.4) is 0 Å². The van der Waals surface area contributed by atoms with Gasteiger partial charge in [-0.2, -0.15) is 4.98 Å². The third kappa shape index (κ3) is 4.50. The van der Waals surface area contributed by atoms with Gasteiger partial charge in [-0.15, -0.1) is 5.10 Å². The minimum absolute atomic E-state index is 0.290. The van der Waals surface area contributed by atoms with E-state index in [1.54, 1.807) is 23.4 Å². The molecular formula is C24H26N4O3S. The number of nitrogens with one attached hydrogen (secondary N) is 1. The molecule has 0 unspecified atom stereocenters. The summed E-state index contributed by atoms with van der Waals surface area (Å²) in [5, 5.41) is 8.63. The molecule has 0 bridgehead atoms. The molecule has 0 saturated heterocycles. The van der Waals surface area contributed by atoms with Crippen molar-refractivity contribution in [3.05, 3.63) is 77.0 Å². The Hall–Kier alpha value is -3.26. The fourth-order valence-corrected chi connectivity index (χ4v) is 4.45. The van der Waals surface area contributed by atoms with Gasteiger partial charge in [0.2, 0.25) is 11.1 Å². The molecule has 166 valence electrons. The predicted molar refractivity (Wildman–Crippen MR) is 125 cm³/mol. The molecule has 0 aliphatic carbocycles. The molecule has 1 atom stereocenters. The standard InChI is InChI=1S/C24H26N4O3S/c1-4-30-19-14-10-9-13-18(19)21-20(22(29)31-5-2)16(3)25-23-26-24(27-28(21)23)32-15-17-11-7-6-8-12-17/h6-14,21H,4-5,15H2,1-3H3,(H,25,26,27)/t21-/m1/s1. The molecule has 1 aliphatic rings. The number of fused-ring (bicyclic) bond motifs is 1. The average Bonchev–Trinajstić information content (AvgIpc) is 3.21. The third-order valence-electron chi connectivity index (χ3n) is 5.05. The quantitative estimate of drug-likeness (QED) is 0.389. The minimum Gasteiger partial charge on any atom is -0.494 e. The highest BCUT2D eigenvalue weighted by atomic mass is 32.2. The second kappa shape index (κ2) is 9.91. The fourth-order valence-electron chi connectivity index (χ4n) is 3.67. The molecule has 0 saturated carbocycles. The number of para-hydroxylation sites is 1. The van der Waals surface area contributed by atoms with Gasteiger partial charge in [0, 0.05) is 17.0 Å². The van der Waals surface area contributed by atoms with Crippen molar-refractivity contribution < 1.29 is 14.3 Å². The zero-order valence-corrected chi connectivity index (χ0v) is 19.2. The summed E-state index contributed by atoms with van der Waals surface area (Å²) < 4.78 is 13.0. The van der Waals surface area contributed by atoms with E-state index in [9.17, 15) is 4.79 Å². The normalized spacial score (nSPS) is 15.2. The van der Waals surface area contributed by atoms with Crippen LogP contribution in [0.15, 0.2) is 71.0 Å². The summed E-state index contributed by atoms with van der Waals surface area (Å²) in [4.78, 5) is 17.6. The van der Waals surface area contributed by atoms with Crippen molar-refractivity contribution in [1.29, 1.82) is 0 Å². The first-order valence-corrected chi connectivity index (χ1v) is 11.6. The Kier molecular flexibility index (Phi) is 6.80. The minimum atomic E-state index is -0.508. The first-order valence-electron chi connectivity index (χ1n) is 10.6. The van der Waals surface area contributed by atoms with Crippen LogP contribution in [0.4, 0.5) is 5.95 Å². The van der Waals surface area contributed by atoms with E-state index >= 15 is 0 Å². The molecule has 8 heteroatoms. The number of ether oxygens (including phenoxy) is 2. The molecule has 3 aromatic rings. The molecule has 0 radical (unpaired) electrons. The van der Waals surface area contributed by atoms with Crippen LogP contribution in [0.2, 0.25) is 0 Å². The van der Waals surface area contributed by atoms with E-state index < -0.39 is 6.04 Å². The summed E-state index contributed by atoms with van der Waals surface area (Å²) in [6.45, 7) is 6.40. The summed E-state index contributed by atoms with van der Waals surface area (Å²) in [6.07, 6.45) is 0. The number of anilines is 1. The van der Waals surface area contributed by atoms with Crippen LogP contribution in [0, 0.1) is 0 Å². The van der Waals surface area contributed by atoms with Crippen LogP contribution >= 0.6 is 11.8 Å².